The van der Waals surface area contributed by atoms with Crippen LogP contribution < -0.4 is 0 Å². The molecule has 0 aliphatic heterocycles. The SMILES string of the molecule is C=C(C)C(=O)OCCOC(c1ccccc1C)C(O)Cc1ccccc1C. The predicted octanol–water partition coefficient (Wildman–Crippen LogP) is 4.08. The highest BCUT2D eigenvalue weighted by atomic mass is 16.6. The Labute approximate surface area is 161 Å². The number of hydrogen-bond acceptors (Lipinski definition) is 4. The summed E-state index contributed by atoms with van der Waals surface area (Å²) in [5.41, 5.74) is 4.55. The van der Waals surface area contributed by atoms with E-state index in [1.54, 1.807) is 6.92 Å². The van der Waals surface area contributed by atoms with Gasteiger partial charge in [-0.2, -0.15) is 0 Å². The van der Waals surface area contributed by atoms with Crippen molar-refractivity contribution in [3.63, 3.8) is 0 Å². The second kappa shape index (κ2) is 10.0. The van der Waals surface area contributed by atoms with Crippen molar-refractivity contribution >= 4 is 5.97 Å². The highest BCUT2D eigenvalue weighted by Gasteiger charge is 2.24. The number of aliphatic hydroxyl groups excluding tert-OH is 1. The monoisotopic (exact) mass is 368 g/mol. The van der Waals surface area contributed by atoms with Crippen LogP contribution in [0.4, 0.5) is 0 Å². The van der Waals surface area contributed by atoms with Crippen LogP contribution in [0.3, 0.4) is 0 Å². The Hall–Kier alpha value is -2.43. The van der Waals surface area contributed by atoms with E-state index in [4.69, 9.17) is 9.47 Å². The van der Waals surface area contributed by atoms with Crippen LogP contribution in [-0.2, 0) is 20.7 Å². The zero-order valence-corrected chi connectivity index (χ0v) is 16.3. The molecule has 0 radical (unpaired) electrons. The second-order valence-corrected chi connectivity index (χ2v) is 6.76. The van der Waals surface area contributed by atoms with Gasteiger partial charge in [-0.15, -0.1) is 0 Å². The van der Waals surface area contributed by atoms with E-state index in [1.807, 2.05) is 62.4 Å². The Kier molecular flexibility index (Phi) is 7.77. The van der Waals surface area contributed by atoms with Gasteiger partial charge in [0.25, 0.3) is 0 Å². The van der Waals surface area contributed by atoms with Gasteiger partial charge in [0.1, 0.15) is 12.7 Å². The number of carbonyl (C=O) groups excluding carboxylic acids is 1. The van der Waals surface area contributed by atoms with Gasteiger partial charge >= 0.3 is 5.97 Å². The quantitative estimate of drug-likeness (QED) is 0.412. The fourth-order valence-corrected chi connectivity index (χ4v) is 2.92. The number of benzene rings is 2. The van der Waals surface area contributed by atoms with Gasteiger partial charge < -0.3 is 14.6 Å². The van der Waals surface area contributed by atoms with Gasteiger partial charge in [0, 0.05) is 12.0 Å². The van der Waals surface area contributed by atoms with Gasteiger partial charge in [-0.3, -0.25) is 0 Å². The zero-order chi connectivity index (χ0) is 19.8. The van der Waals surface area contributed by atoms with Crippen molar-refractivity contribution in [1.82, 2.24) is 0 Å². The van der Waals surface area contributed by atoms with Crippen LogP contribution in [0.25, 0.3) is 0 Å². The number of aryl methyl sites for hydroxylation is 2. The average Bonchev–Trinajstić information content (AvgIpc) is 2.64. The van der Waals surface area contributed by atoms with E-state index >= 15 is 0 Å². The molecule has 0 aromatic heterocycles. The molecule has 2 aromatic rings. The van der Waals surface area contributed by atoms with E-state index in [1.165, 1.54) is 0 Å². The molecule has 0 spiro atoms. The number of hydrogen-bond donors (Lipinski definition) is 1. The van der Waals surface area contributed by atoms with Gasteiger partial charge in [-0.05, 0) is 43.0 Å². The van der Waals surface area contributed by atoms with Gasteiger partial charge in [-0.25, -0.2) is 4.79 Å². The lowest BCUT2D eigenvalue weighted by Gasteiger charge is -2.26. The van der Waals surface area contributed by atoms with Crippen molar-refractivity contribution in [2.45, 2.75) is 39.4 Å². The molecule has 0 aliphatic rings. The number of aliphatic hydroxyl groups is 1. The Morgan fingerprint density at radius 2 is 1.67 bits per heavy atom. The van der Waals surface area contributed by atoms with Crippen molar-refractivity contribution in [3.8, 4) is 0 Å². The summed E-state index contributed by atoms with van der Waals surface area (Å²) in [7, 11) is 0. The maximum Gasteiger partial charge on any atom is 0.333 e. The van der Waals surface area contributed by atoms with Gasteiger partial charge in [-0.1, -0.05) is 55.1 Å². The molecule has 1 N–H and O–H groups in total. The Morgan fingerprint density at radius 1 is 1.04 bits per heavy atom. The minimum absolute atomic E-state index is 0.116. The molecule has 4 heteroatoms. The maximum atomic E-state index is 11.5. The Balaban J connectivity index is 2.10. The highest BCUT2D eigenvalue weighted by molar-refractivity contribution is 5.86. The van der Waals surface area contributed by atoms with Gasteiger partial charge in [0.2, 0.25) is 0 Å². The number of carbonyl (C=O) groups is 1. The van der Waals surface area contributed by atoms with Crippen molar-refractivity contribution in [2.75, 3.05) is 13.2 Å². The largest absolute Gasteiger partial charge is 0.460 e. The first-order valence-corrected chi connectivity index (χ1v) is 9.12. The van der Waals surface area contributed by atoms with Crippen molar-refractivity contribution in [1.29, 1.82) is 0 Å². The van der Waals surface area contributed by atoms with Gasteiger partial charge in [0.15, 0.2) is 0 Å². The topological polar surface area (TPSA) is 55.8 Å². The molecule has 0 heterocycles. The van der Waals surface area contributed by atoms with Crippen LogP contribution in [0.2, 0.25) is 0 Å². The number of esters is 1. The molecule has 2 unspecified atom stereocenters. The molecule has 0 bridgehead atoms. The smallest absolute Gasteiger partial charge is 0.333 e. The first-order chi connectivity index (χ1) is 12.9. The van der Waals surface area contributed by atoms with E-state index in [0.717, 1.165) is 22.3 Å². The molecule has 144 valence electrons. The molecule has 2 aromatic carbocycles. The number of ether oxygens (including phenoxy) is 2. The first kappa shape index (κ1) is 20.9. The van der Waals surface area contributed by atoms with Crippen LogP contribution in [0.1, 0.15) is 35.3 Å². The third-order valence-electron chi connectivity index (χ3n) is 4.50. The molecule has 0 saturated carbocycles. The minimum Gasteiger partial charge on any atom is -0.460 e. The average molecular weight is 368 g/mol. The highest BCUT2D eigenvalue weighted by Crippen LogP contribution is 2.27. The summed E-state index contributed by atoms with van der Waals surface area (Å²) in [4.78, 5) is 11.5. The third-order valence-corrected chi connectivity index (χ3v) is 4.50. The number of rotatable bonds is 9. The Morgan fingerprint density at radius 3 is 2.30 bits per heavy atom. The van der Waals surface area contributed by atoms with Gasteiger partial charge in [0.05, 0.1) is 12.7 Å². The summed E-state index contributed by atoms with van der Waals surface area (Å²) in [6.07, 6.45) is -0.740. The van der Waals surface area contributed by atoms with E-state index in [2.05, 4.69) is 6.58 Å². The molecular weight excluding hydrogens is 340 g/mol. The zero-order valence-electron chi connectivity index (χ0n) is 16.3. The first-order valence-electron chi connectivity index (χ1n) is 9.12. The molecule has 2 rings (SSSR count). The lowest BCUT2D eigenvalue weighted by Crippen LogP contribution is -2.26. The van der Waals surface area contributed by atoms with Crippen molar-refractivity contribution in [3.05, 3.63) is 82.9 Å². The summed E-state index contributed by atoms with van der Waals surface area (Å²) in [6.45, 7) is 9.50. The van der Waals surface area contributed by atoms with Crippen molar-refractivity contribution < 1.29 is 19.4 Å². The normalized spacial score (nSPS) is 13.0. The molecule has 4 nitrogen and oxygen atoms in total. The summed E-state index contributed by atoms with van der Waals surface area (Å²) in [5.74, 6) is -0.438. The summed E-state index contributed by atoms with van der Waals surface area (Å²) < 4.78 is 11.0. The van der Waals surface area contributed by atoms with E-state index in [9.17, 15) is 9.90 Å². The van der Waals surface area contributed by atoms with Crippen LogP contribution >= 0.6 is 0 Å². The molecule has 0 saturated heterocycles. The maximum absolute atomic E-state index is 11.5. The van der Waals surface area contributed by atoms with Crippen LogP contribution in [-0.4, -0.2) is 30.4 Å². The summed E-state index contributed by atoms with van der Waals surface area (Å²) >= 11 is 0. The second-order valence-electron chi connectivity index (χ2n) is 6.76. The molecule has 2 atom stereocenters. The summed E-state index contributed by atoms with van der Waals surface area (Å²) in [5, 5.41) is 10.9. The van der Waals surface area contributed by atoms with Crippen LogP contribution in [0.15, 0.2) is 60.7 Å². The molecule has 0 aliphatic carbocycles. The van der Waals surface area contributed by atoms with Crippen LogP contribution in [0, 0.1) is 13.8 Å². The van der Waals surface area contributed by atoms with E-state index < -0.39 is 18.2 Å². The lowest BCUT2D eigenvalue weighted by molar-refractivity contribution is -0.142. The minimum atomic E-state index is -0.718. The molecule has 0 fully saturated rings. The standard InChI is InChI=1S/C23H28O4/c1-16(2)23(25)27-14-13-26-22(20-12-8-6-10-18(20)4)21(24)15-19-11-7-5-9-17(19)3/h5-12,21-22,24H,1,13-15H2,2-4H3. The van der Waals surface area contributed by atoms with Crippen molar-refractivity contribution in [2.24, 2.45) is 0 Å². The molecule has 27 heavy (non-hydrogen) atoms. The predicted molar refractivity (Wildman–Crippen MR) is 107 cm³/mol. The molecular formula is C23H28O4. The fourth-order valence-electron chi connectivity index (χ4n) is 2.92. The van der Waals surface area contributed by atoms with E-state index in [0.29, 0.717) is 12.0 Å². The van der Waals surface area contributed by atoms with E-state index in [-0.39, 0.29) is 13.2 Å². The lowest BCUT2D eigenvalue weighted by atomic mass is 9.94. The third kappa shape index (κ3) is 6.05. The Bertz CT molecular complexity index is 781. The fraction of sp³-hybridized carbons (Fsp3) is 0.348. The molecule has 0 amide bonds. The summed E-state index contributed by atoms with van der Waals surface area (Å²) in [6, 6.07) is 15.8. The van der Waals surface area contributed by atoms with Crippen LogP contribution in [0.5, 0.6) is 0 Å².